The fourth-order valence-corrected chi connectivity index (χ4v) is 1.27. The number of Topliss-reactive ketones (excluding diaryl/α,β-unsaturated/α-hetero) is 1. The maximum absolute atomic E-state index is 11.7. The molecule has 0 saturated carbocycles. The van der Waals surface area contributed by atoms with Crippen LogP contribution in [0, 0.1) is 6.92 Å². The van der Waals surface area contributed by atoms with Crippen molar-refractivity contribution in [2.24, 2.45) is 0 Å². The summed E-state index contributed by atoms with van der Waals surface area (Å²) < 4.78 is 23.5. The topological polar surface area (TPSA) is 30.0 Å². The maximum atomic E-state index is 11.7. The molecule has 0 radical (unpaired) electrons. The number of ketones is 1. The van der Waals surface area contributed by atoms with E-state index >= 15 is 0 Å². The van der Waals surface area contributed by atoms with Crippen molar-refractivity contribution in [3.63, 3.8) is 0 Å². The molecule has 0 atom stereocenters. The lowest BCUT2D eigenvalue weighted by molar-refractivity contribution is 0.0678. The zero-order valence-electron chi connectivity index (χ0n) is 5.67. The average molecular weight is 177 g/mol. The molecule has 1 aromatic rings. The van der Waals surface area contributed by atoms with Crippen molar-refractivity contribution in [1.82, 2.24) is 4.98 Å². The van der Waals surface area contributed by atoms with Crippen molar-refractivity contribution in [2.75, 3.05) is 0 Å². The molecule has 1 rings (SSSR count). The minimum Gasteiger partial charge on any atom is -0.285 e. The number of thiazole rings is 1. The Kier molecular flexibility index (Phi) is 2.28. The van der Waals surface area contributed by atoms with E-state index in [4.69, 9.17) is 0 Å². The van der Waals surface area contributed by atoms with Gasteiger partial charge in [0.05, 0.1) is 0 Å². The van der Waals surface area contributed by atoms with Crippen molar-refractivity contribution in [3.05, 3.63) is 16.1 Å². The molecule has 0 amide bonds. The molecule has 2 nitrogen and oxygen atoms in total. The molecule has 1 aromatic heterocycles. The second-order valence-electron chi connectivity index (χ2n) is 1.94. The number of hydrogen-bond donors (Lipinski definition) is 0. The summed E-state index contributed by atoms with van der Waals surface area (Å²) in [5, 5.41) is -0.113. The Morgan fingerprint density at radius 1 is 1.73 bits per heavy atom. The van der Waals surface area contributed by atoms with Gasteiger partial charge in [-0.1, -0.05) is 0 Å². The monoisotopic (exact) mass is 177 g/mol. The van der Waals surface area contributed by atoms with Gasteiger partial charge >= 0.3 is 6.43 Å². The predicted molar refractivity (Wildman–Crippen MR) is 37.2 cm³/mol. The van der Waals surface area contributed by atoms with E-state index in [-0.39, 0.29) is 5.01 Å². The number of aryl methyl sites for hydroxylation is 1. The molecule has 0 aromatic carbocycles. The zero-order chi connectivity index (χ0) is 8.43. The van der Waals surface area contributed by atoms with E-state index in [2.05, 4.69) is 4.98 Å². The summed E-state index contributed by atoms with van der Waals surface area (Å²) in [6.07, 6.45) is -1.54. The van der Waals surface area contributed by atoms with Gasteiger partial charge in [0.2, 0.25) is 0 Å². The molecule has 1 heterocycles. The number of carbonyl (C=O) groups is 1. The summed E-state index contributed by atoms with van der Waals surface area (Å²) in [7, 11) is 0. The third-order valence-corrected chi connectivity index (χ3v) is 1.96. The van der Waals surface area contributed by atoms with Gasteiger partial charge in [-0.25, -0.2) is 13.8 Å². The van der Waals surface area contributed by atoms with E-state index in [1.54, 1.807) is 6.92 Å². The van der Waals surface area contributed by atoms with E-state index in [1.807, 2.05) is 0 Å². The Hall–Kier alpha value is -0.840. The third-order valence-electron chi connectivity index (χ3n) is 1.03. The molecule has 60 valence electrons. The van der Waals surface area contributed by atoms with Gasteiger partial charge in [0, 0.05) is 11.1 Å². The minimum absolute atomic E-state index is 0.113. The fraction of sp³-hybridized carbons (Fsp3) is 0.333. The van der Waals surface area contributed by atoms with Crippen molar-refractivity contribution >= 4 is 17.1 Å². The largest absolute Gasteiger partial charge is 0.303 e. The van der Waals surface area contributed by atoms with Crippen LogP contribution < -0.4 is 0 Å². The third kappa shape index (κ3) is 1.80. The smallest absolute Gasteiger partial charge is 0.285 e. The van der Waals surface area contributed by atoms with Crippen LogP contribution in [-0.4, -0.2) is 17.2 Å². The van der Waals surface area contributed by atoms with E-state index in [9.17, 15) is 13.6 Å². The van der Waals surface area contributed by atoms with Crippen LogP contribution in [0.15, 0.2) is 6.20 Å². The molecule has 5 heteroatoms. The highest BCUT2D eigenvalue weighted by molar-refractivity contribution is 7.13. The lowest BCUT2D eigenvalue weighted by atomic mass is 10.4. The molecular formula is C6H5F2NOS. The van der Waals surface area contributed by atoms with Gasteiger partial charge in [0.1, 0.15) is 0 Å². The summed E-state index contributed by atoms with van der Waals surface area (Å²) in [6.45, 7) is 1.71. The van der Waals surface area contributed by atoms with Crippen molar-refractivity contribution in [1.29, 1.82) is 0 Å². The van der Waals surface area contributed by atoms with Crippen LogP contribution in [0.25, 0.3) is 0 Å². The summed E-state index contributed by atoms with van der Waals surface area (Å²) in [6, 6.07) is 0. The zero-order valence-corrected chi connectivity index (χ0v) is 6.49. The highest BCUT2D eigenvalue weighted by atomic mass is 32.1. The molecule has 11 heavy (non-hydrogen) atoms. The minimum atomic E-state index is -2.94. The molecule has 0 N–H and O–H groups in total. The quantitative estimate of drug-likeness (QED) is 0.646. The van der Waals surface area contributed by atoms with Gasteiger partial charge in [-0.3, -0.25) is 4.79 Å². The summed E-state index contributed by atoms with van der Waals surface area (Å²) >= 11 is 0.984. The number of hydrogen-bond acceptors (Lipinski definition) is 3. The number of nitrogens with zero attached hydrogens (tertiary/aromatic N) is 1. The van der Waals surface area contributed by atoms with Gasteiger partial charge < -0.3 is 0 Å². The van der Waals surface area contributed by atoms with Crippen LogP contribution in [0.2, 0.25) is 0 Å². The molecule has 0 fully saturated rings. The van der Waals surface area contributed by atoms with Gasteiger partial charge in [-0.2, -0.15) is 0 Å². The first-order chi connectivity index (χ1) is 5.11. The van der Waals surface area contributed by atoms with Crippen LogP contribution >= 0.6 is 11.3 Å². The average Bonchev–Trinajstić information content (AvgIpc) is 2.34. The van der Waals surface area contributed by atoms with Crippen LogP contribution in [0.4, 0.5) is 8.78 Å². The molecule has 0 saturated heterocycles. The summed E-state index contributed by atoms with van der Waals surface area (Å²) in [4.78, 5) is 14.8. The predicted octanol–water partition coefficient (Wildman–Crippen LogP) is 1.90. The molecule has 0 unspecified atom stereocenters. The second kappa shape index (κ2) is 3.04. The molecular weight excluding hydrogens is 172 g/mol. The number of carbonyl (C=O) groups excluding carboxylic acids is 1. The number of alkyl halides is 2. The molecule has 0 aliphatic rings. The number of halogens is 2. The van der Waals surface area contributed by atoms with Gasteiger partial charge in [-0.05, 0) is 6.92 Å². The van der Waals surface area contributed by atoms with Crippen molar-refractivity contribution < 1.29 is 13.6 Å². The van der Waals surface area contributed by atoms with E-state index in [1.165, 1.54) is 6.20 Å². The molecule has 0 spiro atoms. The molecule has 0 aliphatic carbocycles. The maximum Gasteiger partial charge on any atom is 0.303 e. The Labute approximate surface area is 65.9 Å². The first-order valence-corrected chi connectivity index (χ1v) is 3.67. The second-order valence-corrected chi connectivity index (χ2v) is 3.18. The van der Waals surface area contributed by atoms with Crippen LogP contribution in [-0.2, 0) is 0 Å². The molecule has 0 aliphatic heterocycles. The first-order valence-electron chi connectivity index (χ1n) is 2.86. The Morgan fingerprint density at radius 3 is 2.73 bits per heavy atom. The Bertz CT molecular complexity index is 271. The van der Waals surface area contributed by atoms with Crippen LogP contribution in [0.1, 0.15) is 14.7 Å². The van der Waals surface area contributed by atoms with Gasteiger partial charge in [-0.15, -0.1) is 11.3 Å². The summed E-state index contributed by atoms with van der Waals surface area (Å²) in [5.74, 6) is -1.19. The van der Waals surface area contributed by atoms with Crippen molar-refractivity contribution in [2.45, 2.75) is 13.3 Å². The fourth-order valence-electron chi connectivity index (χ4n) is 0.562. The SMILES string of the molecule is Cc1cnc(C(=O)C(F)F)s1. The van der Waals surface area contributed by atoms with Crippen LogP contribution in [0.5, 0.6) is 0 Å². The lowest BCUT2D eigenvalue weighted by Gasteiger charge is -1.90. The van der Waals surface area contributed by atoms with E-state index < -0.39 is 12.2 Å². The van der Waals surface area contributed by atoms with E-state index in [0.29, 0.717) is 0 Å². The Balaban J connectivity index is 2.85. The van der Waals surface area contributed by atoms with Gasteiger partial charge in [0.15, 0.2) is 5.01 Å². The lowest BCUT2D eigenvalue weighted by Crippen LogP contribution is -2.09. The Morgan fingerprint density at radius 2 is 2.36 bits per heavy atom. The highest BCUT2D eigenvalue weighted by Gasteiger charge is 2.20. The standard InChI is InChI=1S/C6H5F2NOS/c1-3-2-9-6(11-3)4(10)5(7)8/h2,5H,1H3. The molecule has 0 bridgehead atoms. The van der Waals surface area contributed by atoms with Gasteiger partial charge in [0.25, 0.3) is 5.78 Å². The highest BCUT2D eigenvalue weighted by Crippen LogP contribution is 2.14. The van der Waals surface area contributed by atoms with Crippen molar-refractivity contribution in [3.8, 4) is 0 Å². The number of rotatable bonds is 2. The first kappa shape index (κ1) is 8.26. The summed E-state index contributed by atoms with van der Waals surface area (Å²) in [5.41, 5.74) is 0. The normalized spacial score (nSPS) is 10.5. The number of aromatic nitrogens is 1. The van der Waals surface area contributed by atoms with E-state index in [0.717, 1.165) is 16.2 Å². The van der Waals surface area contributed by atoms with Crippen LogP contribution in [0.3, 0.4) is 0 Å².